The molecule has 254 valence electrons. The first-order valence-corrected chi connectivity index (χ1v) is 17.4. The van der Waals surface area contributed by atoms with Gasteiger partial charge >= 0.3 is 0 Å². The zero-order chi connectivity index (χ0) is 34.8. The predicted molar refractivity (Wildman–Crippen MR) is 189 cm³/mol. The maximum Gasteiger partial charge on any atom is 0.264 e. The second kappa shape index (κ2) is 16.3. The molecule has 0 saturated heterocycles. The van der Waals surface area contributed by atoms with E-state index in [0.717, 1.165) is 26.6 Å². The summed E-state index contributed by atoms with van der Waals surface area (Å²) in [5.74, 6) is -0.254. The highest BCUT2D eigenvalue weighted by atomic mass is 32.2. The zero-order valence-electron chi connectivity index (χ0n) is 28.5. The van der Waals surface area contributed by atoms with E-state index in [9.17, 15) is 18.0 Å². The van der Waals surface area contributed by atoms with Gasteiger partial charge in [0.05, 0.1) is 24.8 Å². The average molecular weight is 672 g/mol. The molecule has 0 heterocycles. The van der Waals surface area contributed by atoms with Crippen molar-refractivity contribution in [2.24, 2.45) is 0 Å². The Morgan fingerprint density at radius 2 is 1.52 bits per heavy atom. The summed E-state index contributed by atoms with van der Waals surface area (Å²) < 4.78 is 41.0. The largest absolute Gasteiger partial charge is 0.497 e. The van der Waals surface area contributed by atoms with Crippen LogP contribution in [-0.2, 0) is 32.6 Å². The van der Waals surface area contributed by atoms with E-state index in [2.05, 4.69) is 5.32 Å². The van der Waals surface area contributed by atoms with Gasteiger partial charge in [-0.15, -0.1) is 0 Å². The normalized spacial score (nSPS) is 12.5. The van der Waals surface area contributed by atoms with Gasteiger partial charge in [-0.25, -0.2) is 8.42 Å². The number of aryl methyl sites for hydroxylation is 2. The minimum atomic E-state index is -4.32. The van der Waals surface area contributed by atoms with E-state index in [4.69, 9.17) is 9.47 Å². The number of amides is 2. The van der Waals surface area contributed by atoms with Crippen LogP contribution in [0.25, 0.3) is 0 Å². The Morgan fingerprint density at radius 1 is 0.854 bits per heavy atom. The van der Waals surface area contributed by atoms with E-state index in [1.807, 2.05) is 82.3 Å². The lowest BCUT2D eigenvalue weighted by Crippen LogP contribution is -2.54. The van der Waals surface area contributed by atoms with Gasteiger partial charge in [0.2, 0.25) is 11.8 Å². The van der Waals surface area contributed by atoms with Crippen LogP contribution in [0.15, 0.2) is 102 Å². The highest BCUT2D eigenvalue weighted by Gasteiger charge is 2.36. The van der Waals surface area contributed by atoms with Crippen LogP contribution in [0.1, 0.15) is 42.5 Å². The van der Waals surface area contributed by atoms with E-state index < -0.39 is 28.5 Å². The van der Waals surface area contributed by atoms with Crippen molar-refractivity contribution in [1.82, 2.24) is 10.2 Å². The average Bonchev–Trinajstić information content (AvgIpc) is 3.09. The monoisotopic (exact) mass is 671 g/mol. The lowest BCUT2D eigenvalue weighted by molar-refractivity contribution is -0.140. The maximum absolute atomic E-state index is 14.8. The highest BCUT2D eigenvalue weighted by Crippen LogP contribution is 2.36. The second-order valence-corrected chi connectivity index (χ2v) is 13.7. The number of carbonyl (C=O) groups excluding carboxylic acids is 2. The summed E-state index contributed by atoms with van der Waals surface area (Å²) in [4.78, 5) is 30.3. The van der Waals surface area contributed by atoms with E-state index >= 15 is 0 Å². The van der Waals surface area contributed by atoms with Crippen molar-refractivity contribution in [2.75, 3.05) is 25.1 Å². The maximum atomic E-state index is 14.8. The van der Waals surface area contributed by atoms with Crippen molar-refractivity contribution < 1.29 is 27.5 Å². The van der Waals surface area contributed by atoms with Crippen LogP contribution < -0.4 is 19.1 Å². The fourth-order valence-electron chi connectivity index (χ4n) is 5.31. The van der Waals surface area contributed by atoms with Crippen LogP contribution >= 0.6 is 0 Å². The van der Waals surface area contributed by atoms with Gasteiger partial charge in [0.15, 0.2) is 0 Å². The number of carbonyl (C=O) groups is 2. The molecular formula is C38H45N3O6S. The minimum absolute atomic E-state index is 0.00609. The highest BCUT2D eigenvalue weighted by molar-refractivity contribution is 7.92. The van der Waals surface area contributed by atoms with Gasteiger partial charge in [0, 0.05) is 25.1 Å². The molecule has 4 rings (SSSR count). The Bertz CT molecular complexity index is 1800. The fourth-order valence-corrected chi connectivity index (χ4v) is 6.73. The third-order valence-electron chi connectivity index (χ3n) is 8.42. The molecular weight excluding hydrogens is 627 g/mol. The van der Waals surface area contributed by atoms with Crippen molar-refractivity contribution in [3.63, 3.8) is 0 Å². The Morgan fingerprint density at radius 3 is 2.15 bits per heavy atom. The molecule has 0 spiro atoms. The van der Waals surface area contributed by atoms with Gasteiger partial charge in [-0.05, 0) is 68.1 Å². The first-order chi connectivity index (χ1) is 23.0. The number of sulfonamides is 1. The first kappa shape index (κ1) is 36.0. The van der Waals surface area contributed by atoms with Crippen LogP contribution in [0.4, 0.5) is 5.69 Å². The van der Waals surface area contributed by atoms with Gasteiger partial charge in [0.25, 0.3) is 10.0 Å². The van der Waals surface area contributed by atoms with Crippen molar-refractivity contribution in [2.45, 2.75) is 64.1 Å². The smallest absolute Gasteiger partial charge is 0.264 e. The summed E-state index contributed by atoms with van der Waals surface area (Å²) in [6, 6.07) is 27.3. The number of rotatable bonds is 15. The molecule has 48 heavy (non-hydrogen) atoms. The van der Waals surface area contributed by atoms with Gasteiger partial charge in [0.1, 0.15) is 24.1 Å². The lowest BCUT2D eigenvalue weighted by Gasteiger charge is -2.35. The van der Waals surface area contributed by atoms with Gasteiger partial charge in [-0.1, -0.05) is 79.2 Å². The Kier molecular flexibility index (Phi) is 12.2. The molecule has 0 bridgehead atoms. The van der Waals surface area contributed by atoms with Crippen molar-refractivity contribution in [3.8, 4) is 11.5 Å². The number of nitrogens with zero attached hydrogens (tertiary/aromatic N) is 2. The van der Waals surface area contributed by atoms with Crippen LogP contribution in [0, 0.1) is 13.8 Å². The van der Waals surface area contributed by atoms with Crippen LogP contribution in [0.2, 0.25) is 0 Å². The van der Waals surface area contributed by atoms with Crippen molar-refractivity contribution in [3.05, 3.63) is 119 Å². The summed E-state index contributed by atoms with van der Waals surface area (Å²) in [5, 5.41) is 3.06. The SMILES string of the molecule is CCC(C)NC(=O)C(Cc1ccccc1)N(Cc1ccccc1C)C(=O)CN(c1cc(OC)ccc1OC)S(=O)(=O)c1ccc(C)cc1. The molecule has 0 saturated carbocycles. The molecule has 0 aliphatic heterocycles. The van der Waals surface area contributed by atoms with E-state index in [1.165, 1.54) is 37.3 Å². The number of hydrogen-bond acceptors (Lipinski definition) is 6. The van der Waals surface area contributed by atoms with Gasteiger partial charge in [-0.3, -0.25) is 13.9 Å². The number of methoxy groups -OCH3 is 2. The minimum Gasteiger partial charge on any atom is -0.497 e. The number of anilines is 1. The molecule has 2 unspecified atom stereocenters. The molecule has 2 amide bonds. The van der Waals surface area contributed by atoms with Crippen molar-refractivity contribution in [1.29, 1.82) is 0 Å². The quantitative estimate of drug-likeness (QED) is 0.165. The van der Waals surface area contributed by atoms with Crippen molar-refractivity contribution >= 4 is 27.5 Å². The van der Waals surface area contributed by atoms with E-state index in [0.29, 0.717) is 12.2 Å². The molecule has 0 radical (unpaired) electrons. The molecule has 1 N–H and O–H groups in total. The van der Waals surface area contributed by atoms with Crippen LogP contribution in [-0.4, -0.2) is 58.0 Å². The summed E-state index contributed by atoms with van der Waals surface area (Å²) in [5.41, 5.74) is 3.66. The second-order valence-electron chi connectivity index (χ2n) is 11.8. The summed E-state index contributed by atoms with van der Waals surface area (Å²) in [7, 11) is -1.41. The third-order valence-corrected chi connectivity index (χ3v) is 10.2. The van der Waals surface area contributed by atoms with E-state index in [-0.39, 0.29) is 41.2 Å². The van der Waals surface area contributed by atoms with Gasteiger partial charge in [-0.2, -0.15) is 0 Å². The molecule has 10 heteroatoms. The number of ether oxygens (including phenoxy) is 2. The van der Waals surface area contributed by atoms with E-state index in [1.54, 1.807) is 24.3 Å². The summed E-state index contributed by atoms with van der Waals surface area (Å²) in [6.07, 6.45) is 0.932. The Hall–Kier alpha value is -4.83. The van der Waals surface area contributed by atoms with Crippen LogP contribution in [0.5, 0.6) is 11.5 Å². The number of nitrogens with one attached hydrogen (secondary N) is 1. The molecule has 0 aliphatic carbocycles. The first-order valence-electron chi connectivity index (χ1n) is 16.0. The van der Waals surface area contributed by atoms with Gasteiger partial charge < -0.3 is 19.7 Å². The predicted octanol–water partition coefficient (Wildman–Crippen LogP) is 6.07. The number of benzene rings is 4. The fraction of sp³-hybridized carbons (Fsp3) is 0.316. The summed E-state index contributed by atoms with van der Waals surface area (Å²) >= 11 is 0. The standard InChI is InChI=1S/C38H45N3O6S/c1-7-29(4)39-38(43)35(23-30-14-9-8-10-15-30)40(25-31-16-12-11-13-28(31)3)37(42)26-41(34-24-32(46-5)19-22-36(34)47-6)48(44,45)33-20-17-27(2)18-21-33/h8-22,24,29,35H,7,23,25-26H2,1-6H3,(H,39,43). The topological polar surface area (TPSA) is 105 Å². The number of hydrogen-bond donors (Lipinski definition) is 1. The molecule has 9 nitrogen and oxygen atoms in total. The Balaban J connectivity index is 1.88. The zero-order valence-corrected chi connectivity index (χ0v) is 29.3. The molecule has 4 aromatic carbocycles. The molecule has 0 aromatic heterocycles. The lowest BCUT2D eigenvalue weighted by atomic mass is 10.0. The molecule has 0 aliphatic rings. The summed E-state index contributed by atoms with van der Waals surface area (Å²) in [6.45, 7) is 7.18. The third kappa shape index (κ3) is 8.74. The molecule has 2 atom stereocenters. The Labute approximate surface area is 284 Å². The molecule has 4 aromatic rings. The molecule has 0 fully saturated rings. The van der Waals surface area contributed by atoms with Crippen LogP contribution in [0.3, 0.4) is 0 Å².